The van der Waals surface area contributed by atoms with Gasteiger partial charge in [0.25, 0.3) is 5.89 Å². The Kier molecular flexibility index (Phi) is 3.80. The van der Waals surface area contributed by atoms with Crippen LogP contribution >= 0.6 is 0 Å². The molecule has 8 heteroatoms. The van der Waals surface area contributed by atoms with E-state index in [4.69, 9.17) is 25.9 Å². The third-order valence-electron chi connectivity index (χ3n) is 2.44. The molecule has 1 aromatic heterocycles. The van der Waals surface area contributed by atoms with Crippen LogP contribution < -0.4 is 11.1 Å². The van der Waals surface area contributed by atoms with Gasteiger partial charge in [0, 0.05) is 0 Å². The van der Waals surface area contributed by atoms with Crippen molar-refractivity contribution in [1.82, 2.24) is 10.2 Å². The molecule has 0 aliphatic rings. The standard InChI is InChI=1S/C13H7N7O/c14-5-8(6-15)11(7-16)18-10-4-2-1-3-9(10)12-19-20-13(17)21-12/h1-4,18H,(H2,17,20). The van der Waals surface area contributed by atoms with E-state index in [9.17, 15) is 0 Å². The zero-order valence-corrected chi connectivity index (χ0v) is 10.5. The van der Waals surface area contributed by atoms with E-state index in [-0.39, 0.29) is 23.2 Å². The van der Waals surface area contributed by atoms with Gasteiger partial charge in [0.2, 0.25) is 0 Å². The Morgan fingerprint density at radius 2 is 1.81 bits per heavy atom. The lowest BCUT2D eigenvalue weighted by molar-refractivity contribution is 0.590. The highest BCUT2D eigenvalue weighted by Gasteiger charge is 2.13. The molecule has 0 atom stereocenters. The minimum absolute atomic E-state index is 0.0920. The lowest BCUT2D eigenvalue weighted by Crippen LogP contribution is -2.02. The maximum absolute atomic E-state index is 9.04. The van der Waals surface area contributed by atoms with Gasteiger partial charge in [-0.15, -0.1) is 5.10 Å². The number of nitrogens with two attached hydrogens (primary N) is 1. The molecule has 2 aromatic rings. The molecule has 1 aromatic carbocycles. The minimum atomic E-state index is -0.322. The van der Waals surface area contributed by atoms with Crippen LogP contribution in [0.15, 0.2) is 40.0 Å². The quantitative estimate of drug-likeness (QED) is 0.802. The molecule has 8 nitrogen and oxygen atoms in total. The van der Waals surface area contributed by atoms with Crippen molar-refractivity contribution >= 4 is 11.7 Å². The molecule has 0 radical (unpaired) electrons. The predicted octanol–water partition coefficient (Wildman–Crippen LogP) is 1.56. The first-order valence-corrected chi connectivity index (χ1v) is 5.59. The number of hydrogen-bond acceptors (Lipinski definition) is 8. The van der Waals surface area contributed by atoms with Crippen LogP contribution in [0.25, 0.3) is 11.5 Å². The van der Waals surface area contributed by atoms with Crippen LogP contribution in [0.2, 0.25) is 0 Å². The van der Waals surface area contributed by atoms with Crippen molar-refractivity contribution in [2.75, 3.05) is 11.1 Å². The highest BCUT2D eigenvalue weighted by molar-refractivity contribution is 5.75. The van der Waals surface area contributed by atoms with Crippen LogP contribution in [0.4, 0.5) is 11.7 Å². The smallest absolute Gasteiger partial charge is 0.313 e. The third kappa shape index (κ3) is 2.78. The Hall–Kier alpha value is -3.83. The van der Waals surface area contributed by atoms with Crippen LogP contribution in [0.3, 0.4) is 0 Å². The number of nitrogens with one attached hydrogen (secondary N) is 1. The van der Waals surface area contributed by atoms with E-state index in [2.05, 4.69) is 15.5 Å². The van der Waals surface area contributed by atoms with Gasteiger partial charge >= 0.3 is 6.01 Å². The highest BCUT2D eigenvalue weighted by atomic mass is 16.4. The van der Waals surface area contributed by atoms with Gasteiger partial charge in [-0.1, -0.05) is 17.2 Å². The molecule has 0 aliphatic heterocycles. The van der Waals surface area contributed by atoms with E-state index in [1.165, 1.54) is 0 Å². The van der Waals surface area contributed by atoms with Gasteiger partial charge < -0.3 is 15.5 Å². The number of para-hydroxylation sites is 1. The molecule has 100 valence electrons. The molecule has 0 unspecified atom stereocenters. The highest BCUT2D eigenvalue weighted by Crippen LogP contribution is 2.28. The summed E-state index contributed by atoms with van der Waals surface area (Å²) in [5.41, 5.74) is 5.81. The van der Waals surface area contributed by atoms with Gasteiger partial charge in [0.15, 0.2) is 5.57 Å². The molecule has 2 rings (SSSR count). The van der Waals surface area contributed by atoms with Gasteiger partial charge in [-0.2, -0.15) is 15.8 Å². The Morgan fingerprint density at radius 1 is 1.10 bits per heavy atom. The van der Waals surface area contributed by atoms with E-state index in [1.807, 2.05) is 0 Å². The average Bonchev–Trinajstić information content (AvgIpc) is 2.94. The molecule has 0 saturated carbocycles. The fourth-order valence-corrected chi connectivity index (χ4v) is 1.54. The summed E-state index contributed by atoms with van der Waals surface area (Å²) in [5.74, 6) is 0.156. The SMILES string of the molecule is N#CC(C#N)=C(C#N)Nc1ccccc1-c1nnc(N)o1. The molecule has 0 aliphatic carbocycles. The third-order valence-corrected chi connectivity index (χ3v) is 2.44. The van der Waals surface area contributed by atoms with Crippen molar-refractivity contribution in [3.05, 3.63) is 35.5 Å². The summed E-state index contributed by atoms with van der Waals surface area (Å²) in [5, 5.41) is 36.7. The zero-order chi connectivity index (χ0) is 15.2. The van der Waals surface area contributed by atoms with Gasteiger partial charge in [0.05, 0.1) is 11.3 Å². The number of nitrogens with zero attached hydrogens (tertiary/aromatic N) is 5. The van der Waals surface area contributed by atoms with Crippen molar-refractivity contribution in [1.29, 1.82) is 15.8 Å². The van der Waals surface area contributed by atoms with Crippen LogP contribution in [-0.4, -0.2) is 10.2 Å². The normalized spacial score (nSPS) is 9.00. The Morgan fingerprint density at radius 3 is 2.38 bits per heavy atom. The summed E-state index contributed by atoms with van der Waals surface area (Å²) >= 11 is 0. The summed E-state index contributed by atoms with van der Waals surface area (Å²) in [4.78, 5) is 0. The maximum atomic E-state index is 9.04. The first kappa shape index (κ1) is 13.6. The number of hydrogen-bond donors (Lipinski definition) is 2. The molecule has 21 heavy (non-hydrogen) atoms. The fourth-order valence-electron chi connectivity index (χ4n) is 1.54. The van der Waals surface area contributed by atoms with Crippen LogP contribution in [-0.2, 0) is 0 Å². The summed E-state index contributed by atoms with van der Waals surface area (Å²) in [6, 6.07) is 11.7. The number of benzene rings is 1. The summed E-state index contributed by atoms with van der Waals surface area (Å²) in [6.07, 6.45) is 0. The Labute approximate surface area is 119 Å². The second-order valence-corrected chi connectivity index (χ2v) is 3.70. The molecular weight excluding hydrogens is 270 g/mol. The Balaban J connectivity index is 2.48. The molecule has 0 saturated heterocycles. The van der Waals surface area contributed by atoms with Gasteiger partial charge in [-0.3, -0.25) is 0 Å². The molecule has 0 spiro atoms. The van der Waals surface area contributed by atoms with Crippen LogP contribution in [0.5, 0.6) is 0 Å². The van der Waals surface area contributed by atoms with Crippen molar-refractivity contribution in [2.24, 2.45) is 0 Å². The lowest BCUT2D eigenvalue weighted by Gasteiger charge is -2.08. The second kappa shape index (κ2) is 5.87. The lowest BCUT2D eigenvalue weighted by atomic mass is 10.1. The number of aromatic nitrogens is 2. The first-order chi connectivity index (χ1) is 10.2. The summed E-state index contributed by atoms with van der Waals surface area (Å²) in [6.45, 7) is 0. The van der Waals surface area contributed by atoms with E-state index in [1.54, 1.807) is 42.5 Å². The molecule has 0 bridgehead atoms. The minimum Gasteiger partial charge on any atom is -0.403 e. The van der Waals surface area contributed by atoms with Crippen molar-refractivity contribution < 1.29 is 4.42 Å². The van der Waals surface area contributed by atoms with Crippen LogP contribution in [0.1, 0.15) is 0 Å². The number of nitrogen functional groups attached to an aromatic ring is 1. The number of rotatable bonds is 3. The summed E-state index contributed by atoms with van der Waals surface area (Å²) < 4.78 is 5.13. The van der Waals surface area contributed by atoms with E-state index in [0.717, 1.165) is 0 Å². The van der Waals surface area contributed by atoms with Crippen molar-refractivity contribution in [3.63, 3.8) is 0 Å². The van der Waals surface area contributed by atoms with E-state index < -0.39 is 0 Å². The number of anilines is 2. The molecule has 0 amide bonds. The largest absolute Gasteiger partial charge is 0.403 e. The van der Waals surface area contributed by atoms with Gasteiger partial charge in [-0.05, 0) is 12.1 Å². The predicted molar refractivity (Wildman–Crippen MR) is 71.6 cm³/mol. The fraction of sp³-hybridized carbons (Fsp3) is 0. The molecular formula is C13H7N7O. The molecule has 3 N–H and O–H groups in total. The monoisotopic (exact) mass is 277 g/mol. The van der Waals surface area contributed by atoms with Crippen LogP contribution in [0, 0.1) is 34.0 Å². The Bertz CT molecular complexity index is 813. The zero-order valence-electron chi connectivity index (χ0n) is 10.5. The number of nitriles is 3. The number of allylic oxidation sites excluding steroid dienone is 2. The van der Waals surface area contributed by atoms with Crippen molar-refractivity contribution in [3.8, 4) is 29.7 Å². The maximum Gasteiger partial charge on any atom is 0.313 e. The van der Waals surface area contributed by atoms with Gasteiger partial charge in [0.1, 0.15) is 23.9 Å². The van der Waals surface area contributed by atoms with E-state index >= 15 is 0 Å². The van der Waals surface area contributed by atoms with E-state index in [0.29, 0.717) is 11.3 Å². The van der Waals surface area contributed by atoms with Gasteiger partial charge in [-0.25, -0.2) is 0 Å². The van der Waals surface area contributed by atoms with Crippen molar-refractivity contribution in [2.45, 2.75) is 0 Å². The molecule has 1 heterocycles. The summed E-state index contributed by atoms with van der Waals surface area (Å²) in [7, 11) is 0. The first-order valence-electron chi connectivity index (χ1n) is 5.59. The topological polar surface area (TPSA) is 148 Å². The average molecular weight is 277 g/mol. The second-order valence-electron chi connectivity index (χ2n) is 3.70. The molecule has 0 fully saturated rings.